The van der Waals surface area contributed by atoms with Crippen molar-refractivity contribution in [2.24, 2.45) is 0 Å². The summed E-state index contributed by atoms with van der Waals surface area (Å²) in [5.41, 5.74) is 0.171. The number of nitrogens with one attached hydrogen (secondary N) is 2. The summed E-state index contributed by atoms with van der Waals surface area (Å²) in [5.74, 6) is 0.652. The first kappa shape index (κ1) is 12.6. The molecule has 0 bridgehead atoms. The minimum atomic E-state index is -0.311. The fraction of sp³-hybridized carbons (Fsp3) is 0.400. The average molecular weight is 269 g/mol. The summed E-state index contributed by atoms with van der Waals surface area (Å²) < 4.78 is 1.34. The van der Waals surface area contributed by atoms with Crippen LogP contribution in [0.2, 0.25) is 5.02 Å². The molecule has 0 unspecified atom stereocenters. The van der Waals surface area contributed by atoms with Gasteiger partial charge in [-0.1, -0.05) is 11.6 Å². The molecular weight excluding hydrogens is 256 g/mol. The van der Waals surface area contributed by atoms with Crippen molar-refractivity contribution in [2.45, 2.75) is 26.4 Å². The van der Waals surface area contributed by atoms with Crippen LogP contribution in [0.3, 0.4) is 0 Å². The zero-order valence-electron chi connectivity index (χ0n) is 10.0. The van der Waals surface area contributed by atoms with Crippen LogP contribution < -0.4 is 10.9 Å². The van der Waals surface area contributed by atoms with Crippen LogP contribution in [-0.4, -0.2) is 25.0 Å². The molecule has 18 heavy (non-hydrogen) atoms. The van der Waals surface area contributed by atoms with Crippen LogP contribution in [0.25, 0.3) is 0 Å². The lowest BCUT2D eigenvalue weighted by Gasteiger charge is -2.11. The predicted octanol–water partition coefficient (Wildman–Crippen LogP) is 1.21. The Kier molecular flexibility index (Phi) is 3.61. The molecule has 2 rings (SSSR count). The van der Waals surface area contributed by atoms with E-state index in [1.807, 2.05) is 13.8 Å². The highest BCUT2D eigenvalue weighted by Crippen LogP contribution is 2.16. The van der Waals surface area contributed by atoms with Crippen molar-refractivity contribution in [3.05, 3.63) is 33.7 Å². The van der Waals surface area contributed by atoms with Crippen LogP contribution in [0.15, 0.2) is 17.3 Å². The van der Waals surface area contributed by atoms with Gasteiger partial charge in [0, 0.05) is 0 Å². The van der Waals surface area contributed by atoms with Crippen molar-refractivity contribution in [1.82, 2.24) is 25.0 Å². The third kappa shape index (κ3) is 2.51. The zero-order valence-corrected chi connectivity index (χ0v) is 10.8. The number of aromatic amines is 1. The minimum absolute atomic E-state index is 0.0293. The first-order valence-corrected chi connectivity index (χ1v) is 5.83. The maximum absolute atomic E-state index is 11.9. The molecule has 8 heteroatoms. The first-order valence-electron chi connectivity index (χ1n) is 5.45. The third-order valence-corrected chi connectivity index (χ3v) is 2.71. The zero-order chi connectivity index (χ0) is 13.1. The smallest absolute Gasteiger partial charge is 0.287 e. The number of rotatable bonds is 4. The van der Waals surface area contributed by atoms with E-state index in [1.165, 1.54) is 17.2 Å². The number of anilines is 1. The van der Waals surface area contributed by atoms with Gasteiger partial charge in [0.25, 0.3) is 5.56 Å². The molecule has 2 aromatic heterocycles. The lowest BCUT2D eigenvalue weighted by atomic mass is 10.4. The van der Waals surface area contributed by atoms with E-state index in [0.29, 0.717) is 18.1 Å². The molecule has 2 N–H and O–H groups in total. The van der Waals surface area contributed by atoms with E-state index < -0.39 is 0 Å². The summed E-state index contributed by atoms with van der Waals surface area (Å²) in [6, 6.07) is -0.0293. The maximum atomic E-state index is 11.9. The lowest BCUT2D eigenvalue weighted by Crippen LogP contribution is -2.25. The molecule has 0 atom stereocenters. The molecule has 0 spiro atoms. The van der Waals surface area contributed by atoms with Crippen LogP contribution in [-0.2, 0) is 6.54 Å². The minimum Gasteiger partial charge on any atom is -0.375 e. The van der Waals surface area contributed by atoms with Crippen molar-refractivity contribution >= 4 is 17.3 Å². The van der Waals surface area contributed by atoms with Crippen LogP contribution in [0.4, 0.5) is 5.69 Å². The third-order valence-electron chi connectivity index (χ3n) is 2.34. The van der Waals surface area contributed by atoms with Gasteiger partial charge in [0.2, 0.25) is 0 Å². The monoisotopic (exact) mass is 268 g/mol. The summed E-state index contributed by atoms with van der Waals surface area (Å²) in [6.07, 6.45) is 2.94. The molecule has 0 aliphatic heterocycles. The van der Waals surface area contributed by atoms with Crippen LogP contribution in [0.5, 0.6) is 0 Å². The molecule has 96 valence electrons. The number of halogens is 1. The Balaban J connectivity index is 2.20. The number of nitrogens with zero attached hydrogens (tertiary/aromatic N) is 4. The van der Waals surface area contributed by atoms with Crippen LogP contribution in [0, 0.1) is 0 Å². The number of aromatic nitrogens is 5. The summed E-state index contributed by atoms with van der Waals surface area (Å²) >= 11 is 6.00. The fourth-order valence-electron chi connectivity index (χ4n) is 1.43. The van der Waals surface area contributed by atoms with Gasteiger partial charge in [-0.3, -0.25) is 9.89 Å². The van der Waals surface area contributed by atoms with Crippen molar-refractivity contribution in [3.63, 3.8) is 0 Å². The normalized spacial score (nSPS) is 10.9. The first-order chi connectivity index (χ1) is 8.59. The van der Waals surface area contributed by atoms with E-state index in [1.54, 1.807) is 0 Å². The summed E-state index contributed by atoms with van der Waals surface area (Å²) in [4.78, 5) is 15.8. The SMILES string of the molecule is CC(C)n1ncc(NCc2ncn[nH]2)c(Cl)c1=O. The predicted molar refractivity (Wildman–Crippen MR) is 67.6 cm³/mol. The second-order valence-electron chi connectivity index (χ2n) is 4.00. The summed E-state index contributed by atoms with van der Waals surface area (Å²) in [7, 11) is 0. The molecule has 0 amide bonds. The summed E-state index contributed by atoms with van der Waals surface area (Å²) in [5, 5.41) is 13.6. The highest BCUT2D eigenvalue weighted by molar-refractivity contribution is 6.32. The van der Waals surface area contributed by atoms with Gasteiger partial charge < -0.3 is 5.32 Å². The lowest BCUT2D eigenvalue weighted by molar-refractivity contribution is 0.503. The largest absolute Gasteiger partial charge is 0.375 e. The Bertz CT molecular complexity index is 577. The summed E-state index contributed by atoms with van der Waals surface area (Å²) in [6.45, 7) is 4.13. The molecule has 2 heterocycles. The Morgan fingerprint density at radius 3 is 2.94 bits per heavy atom. The van der Waals surface area contributed by atoms with Crippen LogP contribution >= 0.6 is 11.6 Å². The Morgan fingerprint density at radius 2 is 2.33 bits per heavy atom. The topological polar surface area (TPSA) is 88.5 Å². The standard InChI is InChI=1S/C10H13ClN6O/c1-6(2)17-10(18)9(11)7(3-15-17)12-4-8-13-5-14-16-8/h3,5-6,12H,4H2,1-2H3,(H,13,14,16). The van der Waals surface area contributed by atoms with Crippen LogP contribution in [0.1, 0.15) is 25.7 Å². The van der Waals surface area contributed by atoms with E-state index in [2.05, 4.69) is 25.6 Å². The van der Waals surface area contributed by atoms with E-state index >= 15 is 0 Å². The second kappa shape index (κ2) is 5.18. The van der Waals surface area contributed by atoms with Gasteiger partial charge in [-0.25, -0.2) is 9.67 Å². The number of hydrogen-bond donors (Lipinski definition) is 2. The molecule has 0 saturated heterocycles. The molecule has 0 saturated carbocycles. The van der Waals surface area contributed by atoms with E-state index in [4.69, 9.17) is 11.6 Å². The van der Waals surface area contributed by atoms with Gasteiger partial charge in [-0.2, -0.15) is 10.2 Å². The Labute approximate surface area is 108 Å². The highest BCUT2D eigenvalue weighted by Gasteiger charge is 2.11. The van der Waals surface area contributed by atoms with Crippen molar-refractivity contribution < 1.29 is 0 Å². The fourth-order valence-corrected chi connectivity index (χ4v) is 1.63. The van der Waals surface area contributed by atoms with Gasteiger partial charge >= 0.3 is 0 Å². The van der Waals surface area contributed by atoms with Gasteiger partial charge in [-0.15, -0.1) is 0 Å². The Morgan fingerprint density at radius 1 is 1.56 bits per heavy atom. The molecular formula is C10H13ClN6O. The maximum Gasteiger partial charge on any atom is 0.287 e. The van der Waals surface area contributed by atoms with Gasteiger partial charge in [0.1, 0.15) is 17.2 Å². The van der Waals surface area contributed by atoms with Gasteiger partial charge in [-0.05, 0) is 13.8 Å². The van der Waals surface area contributed by atoms with E-state index in [-0.39, 0.29) is 16.6 Å². The van der Waals surface area contributed by atoms with Crippen molar-refractivity contribution in [2.75, 3.05) is 5.32 Å². The van der Waals surface area contributed by atoms with Gasteiger partial charge in [0.05, 0.1) is 24.5 Å². The average Bonchev–Trinajstić information content (AvgIpc) is 2.83. The molecule has 7 nitrogen and oxygen atoms in total. The molecule has 0 radical (unpaired) electrons. The molecule has 0 aliphatic rings. The van der Waals surface area contributed by atoms with E-state index in [0.717, 1.165) is 0 Å². The van der Waals surface area contributed by atoms with Gasteiger partial charge in [0.15, 0.2) is 0 Å². The quantitative estimate of drug-likeness (QED) is 0.870. The Hall–Kier alpha value is -1.89. The molecule has 0 aliphatic carbocycles. The molecule has 0 aromatic carbocycles. The van der Waals surface area contributed by atoms with Crippen molar-refractivity contribution in [3.8, 4) is 0 Å². The molecule has 2 aromatic rings. The molecule has 0 fully saturated rings. The second-order valence-corrected chi connectivity index (χ2v) is 4.38. The number of hydrogen-bond acceptors (Lipinski definition) is 5. The van der Waals surface area contributed by atoms with E-state index in [9.17, 15) is 4.79 Å². The highest BCUT2D eigenvalue weighted by atomic mass is 35.5. The van der Waals surface area contributed by atoms with Crippen molar-refractivity contribution in [1.29, 1.82) is 0 Å². The number of H-pyrrole nitrogens is 1.